The summed E-state index contributed by atoms with van der Waals surface area (Å²) in [6.45, 7) is 3.93. The molecule has 9 heteroatoms. The van der Waals surface area contributed by atoms with E-state index in [2.05, 4.69) is 10.2 Å². The Bertz CT molecular complexity index is 1240. The Balaban J connectivity index is 1.21. The SMILES string of the molecule is COc1ccccc1-n1c(SCCCC(=O)N2CCN(C(=O)C3CC3)C(C)C2)nnc1-c1ccccc1. The Kier molecular flexibility index (Phi) is 7.79. The summed E-state index contributed by atoms with van der Waals surface area (Å²) in [5.74, 6) is 2.87. The van der Waals surface area contributed by atoms with Crippen molar-refractivity contribution in [3.05, 3.63) is 54.6 Å². The molecule has 2 heterocycles. The van der Waals surface area contributed by atoms with Crippen LogP contribution in [0.1, 0.15) is 32.6 Å². The van der Waals surface area contributed by atoms with Gasteiger partial charge in [-0.25, -0.2) is 0 Å². The first-order valence-electron chi connectivity index (χ1n) is 12.9. The number of methoxy groups -OCH3 is 1. The van der Waals surface area contributed by atoms with Crippen molar-refractivity contribution in [2.24, 2.45) is 5.92 Å². The van der Waals surface area contributed by atoms with Crippen molar-refractivity contribution in [3.63, 3.8) is 0 Å². The molecule has 194 valence electrons. The normalized spacial score (nSPS) is 17.6. The van der Waals surface area contributed by atoms with Crippen LogP contribution in [0.25, 0.3) is 17.1 Å². The number of thioether (sulfide) groups is 1. The Hall–Kier alpha value is -3.33. The minimum atomic E-state index is 0.0796. The van der Waals surface area contributed by atoms with Gasteiger partial charge < -0.3 is 14.5 Å². The van der Waals surface area contributed by atoms with Crippen LogP contribution in [0.4, 0.5) is 0 Å². The number of piperazine rings is 1. The number of carbonyl (C=O) groups excluding carboxylic acids is 2. The van der Waals surface area contributed by atoms with Gasteiger partial charge in [0.05, 0.1) is 12.8 Å². The highest BCUT2D eigenvalue weighted by Gasteiger charge is 2.37. The number of para-hydroxylation sites is 2. The molecule has 1 atom stereocenters. The van der Waals surface area contributed by atoms with E-state index in [0.29, 0.717) is 26.1 Å². The predicted octanol–water partition coefficient (Wildman–Crippen LogP) is 4.28. The molecule has 37 heavy (non-hydrogen) atoms. The number of hydrogen-bond acceptors (Lipinski definition) is 6. The highest BCUT2D eigenvalue weighted by Crippen LogP contribution is 2.33. The smallest absolute Gasteiger partial charge is 0.226 e. The van der Waals surface area contributed by atoms with Gasteiger partial charge in [-0.05, 0) is 38.3 Å². The molecule has 1 aliphatic carbocycles. The molecule has 0 spiro atoms. The summed E-state index contributed by atoms with van der Waals surface area (Å²) < 4.78 is 7.65. The average molecular weight is 520 g/mol. The van der Waals surface area contributed by atoms with Gasteiger partial charge in [0.25, 0.3) is 0 Å². The summed E-state index contributed by atoms with van der Waals surface area (Å²) >= 11 is 1.59. The zero-order valence-corrected chi connectivity index (χ0v) is 22.2. The maximum absolute atomic E-state index is 12.9. The third-order valence-corrected chi connectivity index (χ3v) is 7.96. The van der Waals surface area contributed by atoms with Gasteiger partial charge in [0.15, 0.2) is 11.0 Å². The van der Waals surface area contributed by atoms with Crippen molar-refractivity contribution >= 4 is 23.6 Å². The first kappa shape index (κ1) is 25.3. The second kappa shape index (κ2) is 11.4. The summed E-state index contributed by atoms with van der Waals surface area (Å²) in [6, 6.07) is 17.9. The van der Waals surface area contributed by atoms with E-state index in [1.165, 1.54) is 0 Å². The van der Waals surface area contributed by atoms with Crippen molar-refractivity contribution in [3.8, 4) is 22.8 Å². The minimum absolute atomic E-state index is 0.0796. The van der Waals surface area contributed by atoms with Crippen molar-refractivity contribution < 1.29 is 14.3 Å². The Morgan fingerprint density at radius 2 is 1.78 bits per heavy atom. The van der Waals surface area contributed by atoms with Crippen molar-refractivity contribution in [2.45, 2.75) is 43.8 Å². The molecule has 2 amide bonds. The van der Waals surface area contributed by atoms with E-state index in [1.54, 1.807) is 18.9 Å². The first-order chi connectivity index (χ1) is 18.1. The van der Waals surface area contributed by atoms with Crippen LogP contribution in [0.2, 0.25) is 0 Å². The van der Waals surface area contributed by atoms with Crippen LogP contribution in [0.5, 0.6) is 5.75 Å². The monoisotopic (exact) mass is 519 g/mol. The third kappa shape index (κ3) is 5.66. The highest BCUT2D eigenvalue weighted by molar-refractivity contribution is 7.99. The summed E-state index contributed by atoms with van der Waals surface area (Å²) in [5, 5.41) is 9.75. The molecule has 2 fully saturated rings. The van der Waals surface area contributed by atoms with Gasteiger partial charge in [-0.3, -0.25) is 14.2 Å². The van der Waals surface area contributed by atoms with Crippen LogP contribution >= 0.6 is 11.8 Å². The molecule has 8 nitrogen and oxygen atoms in total. The molecule has 0 radical (unpaired) electrons. The van der Waals surface area contributed by atoms with Gasteiger partial charge in [-0.2, -0.15) is 0 Å². The number of aromatic nitrogens is 3. The summed E-state index contributed by atoms with van der Waals surface area (Å²) in [7, 11) is 1.66. The average Bonchev–Trinajstić information content (AvgIpc) is 3.70. The second-order valence-electron chi connectivity index (χ2n) is 9.63. The molecule has 1 unspecified atom stereocenters. The minimum Gasteiger partial charge on any atom is -0.495 e. The molecule has 2 aliphatic rings. The van der Waals surface area contributed by atoms with Crippen LogP contribution in [-0.2, 0) is 9.59 Å². The van der Waals surface area contributed by atoms with E-state index >= 15 is 0 Å². The zero-order valence-electron chi connectivity index (χ0n) is 21.4. The van der Waals surface area contributed by atoms with Gasteiger partial charge in [-0.1, -0.05) is 54.2 Å². The molecule has 2 aromatic carbocycles. The Labute approximate surface area is 222 Å². The Morgan fingerprint density at radius 3 is 2.51 bits per heavy atom. The second-order valence-corrected chi connectivity index (χ2v) is 10.7. The van der Waals surface area contributed by atoms with Crippen LogP contribution in [0.3, 0.4) is 0 Å². The van der Waals surface area contributed by atoms with Crippen molar-refractivity contribution in [2.75, 3.05) is 32.5 Å². The lowest BCUT2D eigenvalue weighted by molar-refractivity contribution is -0.143. The fourth-order valence-electron chi connectivity index (χ4n) is 4.79. The summed E-state index contributed by atoms with van der Waals surface area (Å²) in [4.78, 5) is 29.2. The number of hydrogen-bond donors (Lipinski definition) is 0. The van der Waals surface area contributed by atoms with Crippen LogP contribution in [0, 0.1) is 5.92 Å². The number of ether oxygens (including phenoxy) is 1. The van der Waals surface area contributed by atoms with Gasteiger partial charge in [0, 0.05) is 49.3 Å². The number of rotatable bonds is 9. The van der Waals surface area contributed by atoms with E-state index in [9.17, 15) is 9.59 Å². The van der Waals surface area contributed by atoms with Gasteiger partial charge >= 0.3 is 0 Å². The van der Waals surface area contributed by atoms with Crippen LogP contribution in [0.15, 0.2) is 59.8 Å². The molecule has 3 aromatic rings. The van der Waals surface area contributed by atoms with Gasteiger partial charge in [-0.15, -0.1) is 10.2 Å². The molecule has 1 saturated heterocycles. The molecular weight excluding hydrogens is 486 g/mol. The van der Waals surface area contributed by atoms with Crippen LogP contribution < -0.4 is 4.74 Å². The number of benzene rings is 2. The van der Waals surface area contributed by atoms with Crippen molar-refractivity contribution in [1.82, 2.24) is 24.6 Å². The molecule has 0 bridgehead atoms. The van der Waals surface area contributed by atoms with Gasteiger partial charge in [0.2, 0.25) is 11.8 Å². The first-order valence-corrected chi connectivity index (χ1v) is 13.9. The predicted molar refractivity (Wildman–Crippen MR) is 144 cm³/mol. The van der Waals surface area contributed by atoms with E-state index in [4.69, 9.17) is 4.74 Å². The lowest BCUT2D eigenvalue weighted by Gasteiger charge is -2.40. The van der Waals surface area contributed by atoms with Crippen LogP contribution in [-0.4, -0.2) is 74.9 Å². The maximum atomic E-state index is 12.9. The zero-order chi connectivity index (χ0) is 25.8. The van der Waals surface area contributed by atoms with Gasteiger partial charge in [0.1, 0.15) is 5.75 Å². The standard InChI is InChI=1S/C28H33N5O3S/c1-20-19-31(16-17-32(20)27(35)22-14-15-22)25(34)13-8-18-37-28-30-29-26(21-9-4-3-5-10-21)33(28)23-11-6-7-12-24(23)36-2/h3-7,9-12,20,22H,8,13-19H2,1-2H3. The third-order valence-electron chi connectivity index (χ3n) is 6.95. The maximum Gasteiger partial charge on any atom is 0.226 e. The molecular formula is C28H33N5O3S. The largest absolute Gasteiger partial charge is 0.495 e. The quantitative estimate of drug-likeness (QED) is 0.310. The van der Waals surface area contributed by atoms with E-state index in [0.717, 1.165) is 53.0 Å². The highest BCUT2D eigenvalue weighted by atomic mass is 32.2. The molecule has 1 aliphatic heterocycles. The lowest BCUT2D eigenvalue weighted by atomic mass is 10.1. The summed E-state index contributed by atoms with van der Waals surface area (Å²) in [5.41, 5.74) is 1.84. The van der Waals surface area contributed by atoms with E-state index in [1.807, 2.05) is 75.9 Å². The molecule has 0 N–H and O–H groups in total. The van der Waals surface area contributed by atoms with E-state index < -0.39 is 0 Å². The Morgan fingerprint density at radius 1 is 1.03 bits per heavy atom. The topological polar surface area (TPSA) is 80.6 Å². The summed E-state index contributed by atoms with van der Waals surface area (Å²) in [6.07, 6.45) is 3.24. The number of carbonyl (C=O) groups is 2. The molecule has 1 aromatic heterocycles. The fourth-order valence-corrected chi connectivity index (χ4v) is 5.67. The lowest BCUT2D eigenvalue weighted by Crippen LogP contribution is -2.55. The van der Waals surface area contributed by atoms with E-state index in [-0.39, 0.29) is 23.8 Å². The van der Waals surface area contributed by atoms with Crippen molar-refractivity contribution in [1.29, 1.82) is 0 Å². The molecule has 5 rings (SSSR count). The number of amides is 2. The number of nitrogens with zero attached hydrogens (tertiary/aromatic N) is 5. The molecule has 1 saturated carbocycles. The fraction of sp³-hybridized carbons (Fsp3) is 0.429.